The van der Waals surface area contributed by atoms with Crippen LogP contribution >= 0.6 is 11.3 Å². The molecule has 0 saturated carbocycles. The number of fused-ring (bicyclic) bond motifs is 1. The third-order valence-corrected chi connectivity index (χ3v) is 3.01. The van der Waals surface area contributed by atoms with Crippen LogP contribution in [0.4, 0.5) is 0 Å². The van der Waals surface area contributed by atoms with Gasteiger partial charge in [0.05, 0.1) is 0 Å². The fourth-order valence-electron chi connectivity index (χ4n) is 1.40. The number of aryl methyl sites for hydroxylation is 1. The predicted molar refractivity (Wildman–Crippen MR) is 55.5 cm³/mol. The molecule has 0 aliphatic carbocycles. The summed E-state index contributed by atoms with van der Waals surface area (Å²) < 4.78 is 2.22. The number of rotatable bonds is 1. The monoisotopic (exact) mass is 177 g/mol. The van der Waals surface area contributed by atoms with Crippen LogP contribution in [0.3, 0.4) is 0 Å². The zero-order valence-electron chi connectivity index (χ0n) is 7.24. The lowest BCUT2D eigenvalue weighted by Crippen LogP contribution is -1.87. The molecule has 12 heavy (non-hydrogen) atoms. The predicted octanol–water partition coefficient (Wildman–Crippen LogP) is 3.27. The molecule has 0 atom stereocenters. The minimum Gasteiger partial charge on any atom is -0.336 e. The van der Waals surface area contributed by atoms with Gasteiger partial charge in [0.2, 0.25) is 0 Å². The molecule has 0 aromatic carbocycles. The van der Waals surface area contributed by atoms with Gasteiger partial charge in [0.15, 0.2) is 0 Å². The molecule has 0 saturated heterocycles. The van der Waals surface area contributed by atoms with E-state index < -0.39 is 0 Å². The Labute approximate surface area is 75.9 Å². The summed E-state index contributed by atoms with van der Waals surface area (Å²) >= 11 is 1.79. The van der Waals surface area contributed by atoms with Gasteiger partial charge >= 0.3 is 0 Å². The highest BCUT2D eigenvalue weighted by Crippen LogP contribution is 2.24. The highest BCUT2D eigenvalue weighted by Gasteiger charge is 2.02. The summed E-state index contributed by atoms with van der Waals surface area (Å²) in [7, 11) is 2.11. The lowest BCUT2D eigenvalue weighted by Gasteiger charge is -1.95. The van der Waals surface area contributed by atoms with Gasteiger partial charge in [-0.3, -0.25) is 0 Å². The van der Waals surface area contributed by atoms with E-state index in [2.05, 4.69) is 41.3 Å². The van der Waals surface area contributed by atoms with Gasteiger partial charge < -0.3 is 4.57 Å². The van der Waals surface area contributed by atoms with E-state index in [1.165, 1.54) is 15.9 Å². The molecule has 0 spiro atoms. The van der Waals surface area contributed by atoms with Crippen LogP contribution in [-0.4, -0.2) is 4.57 Å². The number of thiophene rings is 1. The molecule has 62 valence electrons. The molecule has 2 rings (SSSR count). The molecule has 2 heteroatoms. The highest BCUT2D eigenvalue weighted by atomic mass is 32.1. The van der Waals surface area contributed by atoms with Crippen molar-refractivity contribution in [3.05, 3.63) is 29.3 Å². The van der Waals surface area contributed by atoms with Crippen LogP contribution in [-0.2, 0) is 7.05 Å². The maximum atomic E-state index is 2.22. The first-order valence-electron chi connectivity index (χ1n) is 3.98. The highest BCUT2D eigenvalue weighted by molar-refractivity contribution is 7.16. The van der Waals surface area contributed by atoms with Crippen LogP contribution in [0.5, 0.6) is 0 Å². The van der Waals surface area contributed by atoms with Crippen LogP contribution in [0.25, 0.3) is 16.3 Å². The molecule has 0 aliphatic rings. The number of aromatic nitrogens is 1. The molecule has 0 fully saturated rings. The van der Waals surface area contributed by atoms with E-state index in [4.69, 9.17) is 0 Å². The Balaban J connectivity index is 2.70. The summed E-state index contributed by atoms with van der Waals surface area (Å²) in [5, 5.41) is 3.47. The summed E-state index contributed by atoms with van der Waals surface area (Å²) in [6.07, 6.45) is 4.20. The molecular formula is C10H11NS. The second-order valence-electron chi connectivity index (χ2n) is 2.81. The maximum Gasteiger partial charge on any atom is 0.102 e. The Kier molecular flexibility index (Phi) is 1.77. The van der Waals surface area contributed by atoms with Crippen molar-refractivity contribution in [2.24, 2.45) is 7.05 Å². The van der Waals surface area contributed by atoms with Gasteiger partial charge in [-0.1, -0.05) is 6.08 Å². The SMILES string of the molecule is C/C=C/c1cc2ccsc2n1C. The van der Waals surface area contributed by atoms with E-state index in [1.807, 2.05) is 6.92 Å². The first-order valence-corrected chi connectivity index (χ1v) is 4.86. The fraction of sp³-hybridized carbons (Fsp3) is 0.200. The topological polar surface area (TPSA) is 4.93 Å². The molecule has 0 bridgehead atoms. The number of allylic oxidation sites excluding steroid dienone is 1. The van der Waals surface area contributed by atoms with Crippen molar-refractivity contribution in [3.63, 3.8) is 0 Å². The van der Waals surface area contributed by atoms with Gasteiger partial charge in [0.1, 0.15) is 4.83 Å². The van der Waals surface area contributed by atoms with Crippen LogP contribution in [0, 0.1) is 0 Å². The van der Waals surface area contributed by atoms with E-state index in [9.17, 15) is 0 Å². The molecule has 0 aliphatic heterocycles. The quantitative estimate of drug-likeness (QED) is 0.630. The second kappa shape index (κ2) is 2.79. The van der Waals surface area contributed by atoms with Crippen molar-refractivity contribution in [2.45, 2.75) is 6.92 Å². The minimum absolute atomic E-state index is 1.28. The minimum atomic E-state index is 1.28. The normalized spacial score (nSPS) is 11.8. The molecule has 2 heterocycles. The average molecular weight is 177 g/mol. The van der Waals surface area contributed by atoms with E-state index in [1.54, 1.807) is 11.3 Å². The second-order valence-corrected chi connectivity index (χ2v) is 3.70. The van der Waals surface area contributed by atoms with Crippen molar-refractivity contribution >= 4 is 27.6 Å². The van der Waals surface area contributed by atoms with Crippen molar-refractivity contribution in [1.82, 2.24) is 4.57 Å². The fourth-order valence-corrected chi connectivity index (χ4v) is 2.27. The molecule has 0 unspecified atom stereocenters. The standard InChI is InChI=1S/C10H11NS/c1-3-4-9-7-8-5-6-12-10(8)11(9)2/h3-7H,1-2H3/b4-3+. The van der Waals surface area contributed by atoms with Gasteiger partial charge in [0.25, 0.3) is 0 Å². The third kappa shape index (κ3) is 0.994. The van der Waals surface area contributed by atoms with Crippen molar-refractivity contribution in [3.8, 4) is 0 Å². The molecule has 2 aromatic heterocycles. The van der Waals surface area contributed by atoms with E-state index in [0.717, 1.165) is 0 Å². The Morgan fingerprint density at radius 2 is 2.33 bits per heavy atom. The lowest BCUT2D eigenvalue weighted by atomic mass is 10.3. The molecular weight excluding hydrogens is 166 g/mol. The third-order valence-electron chi connectivity index (χ3n) is 2.01. The first kappa shape index (κ1) is 7.62. The van der Waals surface area contributed by atoms with Gasteiger partial charge in [-0.2, -0.15) is 0 Å². The summed E-state index contributed by atoms with van der Waals surface area (Å²) in [6, 6.07) is 4.37. The number of hydrogen-bond acceptors (Lipinski definition) is 1. The largest absolute Gasteiger partial charge is 0.336 e. The van der Waals surface area contributed by atoms with Crippen LogP contribution < -0.4 is 0 Å². The Bertz CT molecular complexity index is 420. The summed E-state index contributed by atoms with van der Waals surface area (Å²) in [6.45, 7) is 2.04. The number of hydrogen-bond donors (Lipinski definition) is 0. The zero-order valence-corrected chi connectivity index (χ0v) is 8.06. The summed E-state index contributed by atoms with van der Waals surface area (Å²) in [5.74, 6) is 0. The van der Waals surface area contributed by atoms with Gasteiger partial charge in [-0.15, -0.1) is 11.3 Å². The molecule has 2 aromatic rings. The maximum absolute atomic E-state index is 2.22. The molecule has 0 radical (unpaired) electrons. The van der Waals surface area contributed by atoms with E-state index in [0.29, 0.717) is 0 Å². The number of nitrogens with zero attached hydrogens (tertiary/aromatic N) is 1. The van der Waals surface area contributed by atoms with Crippen molar-refractivity contribution < 1.29 is 0 Å². The Hall–Kier alpha value is -1.02. The van der Waals surface area contributed by atoms with Gasteiger partial charge in [0, 0.05) is 18.1 Å². The van der Waals surface area contributed by atoms with Gasteiger partial charge in [-0.25, -0.2) is 0 Å². The van der Waals surface area contributed by atoms with E-state index in [-0.39, 0.29) is 0 Å². The smallest absolute Gasteiger partial charge is 0.102 e. The van der Waals surface area contributed by atoms with Crippen LogP contribution in [0.15, 0.2) is 23.6 Å². The Morgan fingerprint density at radius 3 is 3.00 bits per heavy atom. The van der Waals surface area contributed by atoms with Gasteiger partial charge in [-0.05, 0) is 30.5 Å². The molecule has 1 nitrogen and oxygen atoms in total. The van der Waals surface area contributed by atoms with Crippen molar-refractivity contribution in [1.29, 1.82) is 0 Å². The summed E-state index contributed by atoms with van der Waals surface area (Å²) in [4.78, 5) is 1.35. The van der Waals surface area contributed by atoms with Crippen LogP contribution in [0.2, 0.25) is 0 Å². The molecule has 0 N–H and O–H groups in total. The summed E-state index contributed by atoms with van der Waals surface area (Å²) in [5.41, 5.74) is 1.28. The molecule has 0 amide bonds. The van der Waals surface area contributed by atoms with Crippen molar-refractivity contribution in [2.75, 3.05) is 0 Å². The lowest BCUT2D eigenvalue weighted by molar-refractivity contribution is 0.963. The zero-order chi connectivity index (χ0) is 8.55. The van der Waals surface area contributed by atoms with Crippen LogP contribution in [0.1, 0.15) is 12.6 Å². The Morgan fingerprint density at radius 1 is 1.50 bits per heavy atom. The first-order chi connectivity index (χ1) is 5.83. The average Bonchev–Trinajstić information content (AvgIpc) is 2.58. The van der Waals surface area contributed by atoms with E-state index >= 15 is 0 Å².